The number of carbonyl (C=O) groups excluding carboxylic acids is 1. The number of amides is 2. The van der Waals surface area contributed by atoms with Crippen LogP contribution in [-0.2, 0) is 0 Å². The number of likely N-dealkylation sites (tertiary alicyclic amines) is 1. The number of benzene rings is 2. The number of hydrogen-bond acceptors (Lipinski definition) is 5. The van der Waals surface area contributed by atoms with E-state index in [9.17, 15) is 4.79 Å². The highest BCUT2D eigenvalue weighted by molar-refractivity contribution is 5.89. The van der Waals surface area contributed by atoms with Crippen molar-refractivity contribution >= 4 is 11.7 Å². The molecule has 0 unspecified atom stereocenters. The Morgan fingerprint density at radius 3 is 2.64 bits per heavy atom. The van der Waals surface area contributed by atoms with Gasteiger partial charge in [-0.2, -0.15) is 4.98 Å². The maximum Gasteiger partial charge on any atom is 0.322 e. The Morgan fingerprint density at radius 2 is 1.93 bits per heavy atom. The zero-order chi connectivity index (χ0) is 19.5. The highest BCUT2D eigenvalue weighted by Crippen LogP contribution is 2.32. The average Bonchev–Trinajstić information content (AvgIpc) is 3.39. The van der Waals surface area contributed by atoms with E-state index in [1.54, 1.807) is 12.0 Å². The van der Waals surface area contributed by atoms with Gasteiger partial charge in [-0.1, -0.05) is 22.9 Å². The lowest BCUT2D eigenvalue weighted by Gasteiger charge is -2.22. The molecule has 2 amide bonds. The van der Waals surface area contributed by atoms with Crippen molar-refractivity contribution in [3.63, 3.8) is 0 Å². The summed E-state index contributed by atoms with van der Waals surface area (Å²) in [5.74, 6) is 1.73. The molecule has 2 heterocycles. The number of anilines is 1. The summed E-state index contributed by atoms with van der Waals surface area (Å²) in [6.07, 6.45) is 1.69. The second-order valence-electron chi connectivity index (χ2n) is 6.83. The Morgan fingerprint density at radius 1 is 1.18 bits per heavy atom. The van der Waals surface area contributed by atoms with E-state index in [0.717, 1.165) is 35.4 Å². The van der Waals surface area contributed by atoms with Crippen molar-refractivity contribution in [3.05, 3.63) is 60.0 Å². The number of carbonyl (C=O) groups is 1. The number of ether oxygens (including phenoxy) is 1. The molecule has 0 aliphatic carbocycles. The Hall–Kier alpha value is -3.35. The van der Waals surface area contributed by atoms with Crippen molar-refractivity contribution in [2.45, 2.75) is 25.8 Å². The summed E-state index contributed by atoms with van der Waals surface area (Å²) in [6.45, 7) is 2.67. The highest BCUT2D eigenvalue weighted by Gasteiger charge is 2.34. The molecule has 2 aromatic carbocycles. The number of hydrogen-bond donors (Lipinski definition) is 1. The molecule has 144 valence electrons. The van der Waals surface area contributed by atoms with Gasteiger partial charge in [0, 0.05) is 17.8 Å². The molecule has 1 saturated heterocycles. The number of methoxy groups -OCH3 is 1. The number of rotatable bonds is 4. The third kappa shape index (κ3) is 3.69. The number of nitrogens with zero attached hydrogens (tertiary/aromatic N) is 3. The molecule has 1 aliphatic rings. The van der Waals surface area contributed by atoms with Crippen molar-refractivity contribution < 1.29 is 14.1 Å². The maximum atomic E-state index is 12.7. The molecule has 1 aliphatic heterocycles. The van der Waals surface area contributed by atoms with E-state index in [1.807, 2.05) is 55.5 Å². The summed E-state index contributed by atoms with van der Waals surface area (Å²) < 4.78 is 10.7. The first-order valence-corrected chi connectivity index (χ1v) is 9.26. The van der Waals surface area contributed by atoms with Crippen LogP contribution >= 0.6 is 0 Å². The van der Waals surface area contributed by atoms with Crippen molar-refractivity contribution in [1.29, 1.82) is 0 Å². The fourth-order valence-corrected chi connectivity index (χ4v) is 3.33. The van der Waals surface area contributed by atoms with E-state index < -0.39 is 0 Å². The SMILES string of the molecule is COc1ccc(-c2noc([C@@H]3CCCN3C(=O)Nc3ccc(C)cc3)n2)cc1. The van der Waals surface area contributed by atoms with E-state index in [-0.39, 0.29) is 12.1 Å². The number of nitrogens with one attached hydrogen (secondary N) is 1. The van der Waals surface area contributed by atoms with Gasteiger partial charge in [0.15, 0.2) is 0 Å². The Kier molecular flexibility index (Phi) is 4.97. The van der Waals surface area contributed by atoms with Gasteiger partial charge in [-0.05, 0) is 56.2 Å². The molecule has 0 spiro atoms. The van der Waals surface area contributed by atoms with Crippen LogP contribution in [0.4, 0.5) is 10.5 Å². The van der Waals surface area contributed by atoms with Crippen LogP contribution in [-0.4, -0.2) is 34.7 Å². The van der Waals surface area contributed by atoms with Crippen LogP contribution in [0.3, 0.4) is 0 Å². The highest BCUT2D eigenvalue weighted by atomic mass is 16.5. The van der Waals surface area contributed by atoms with Gasteiger partial charge >= 0.3 is 6.03 Å². The number of aromatic nitrogens is 2. The van der Waals surface area contributed by atoms with Gasteiger partial charge in [-0.15, -0.1) is 0 Å². The maximum absolute atomic E-state index is 12.7. The van der Waals surface area contributed by atoms with Crippen molar-refractivity contribution in [1.82, 2.24) is 15.0 Å². The molecular weight excluding hydrogens is 356 g/mol. The monoisotopic (exact) mass is 378 g/mol. The van der Waals surface area contributed by atoms with Crippen LogP contribution in [0.15, 0.2) is 53.1 Å². The average molecular weight is 378 g/mol. The summed E-state index contributed by atoms with van der Waals surface area (Å²) in [6, 6.07) is 14.8. The Balaban J connectivity index is 1.49. The molecule has 28 heavy (non-hydrogen) atoms. The fourth-order valence-electron chi connectivity index (χ4n) is 3.33. The largest absolute Gasteiger partial charge is 0.497 e. The topological polar surface area (TPSA) is 80.5 Å². The summed E-state index contributed by atoms with van der Waals surface area (Å²) in [5.41, 5.74) is 2.75. The van der Waals surface area contributed by atoms with Gasteiger partial charge in [-0.3, -0.25) is 0 Å². The fraction of sp³-hybridized carbons (Fsp3) is 0.286. The minimum absolute atomic E-state index is 0.157. The normalized spacial score (nSPS) is 16.2. The summed E-state index contributed by atoms with van der Waals surface area (Å²) >= 11 is 0. The van der Waals surface area contributed by atoms with Gasteiger partial charge in [0.1, 0.15) is 11.8 Å². The molecule has 1 N–H and O–H groups in total. The molecule has 7 heteroatoms. The van der Waals surface area contributed by atoms with Gasteiger partial charge in [0.25, 0.3) is 0 Å². The molecule has 1 atom stereocenters. The predicted octanol–water partition coefficient (Wildman–Crippen LogP) is 4.42. The van der Waals surface area contributed by atoms with E-state index in [1.165, 1.54) is 0 Å². The second-order valence-corrected chi connectivity index (χ2v) is 6.83. The minimum Gasteiger partial charge on any atom is -0.497 e. The predicted molar refractivity (Wildman–Crippen MR) is 105 cm³/mol. The number of aryl methyl sites for hydroxylation is 1. The first-order valence-electron chi connectivity index (χ1n) is 9.26. The number of urea groups is 1. The molecule has 1 aromatic heterocycles. The van der Waals surface area contributed by atoms with Crippen molar-refractivity contribution in [2.24, 2.45) is 0 Å². The van der Waals surface area contributed by atoms with Gasteiger partial charge < -0.3 is 19.5 Å². The van der Waals surface area contributed by atoms with Crippen molar-refractivity contribution in [2.75, 3.05) is 19.0 Å². The lowest BCUT2D eigenvalue weighted by Crippen LogP contribution is -2.34. The first-order chi connectivity index (χ1) is 13.6. The molecule has 1 fully saturated rings. The first kappa shape index (κ1) is 18.0. The molecular formula is C21H22N4O3. The lowest BCUT2D eigenvalue weighted by atomic mass is 10.2. The molecule has 0 bridgehead atoms. The summed E-state index contributed by atoms with van der Waals surface area (Å²) in [4.78, 5) is 19.0. The Labute approximate surface area is 163 Å². The lowest BCUT2D eigenvalue weighted by molar-refractivity contribution is 0.193. The van der Waals surface area contributed by atoms with Crippen LogP contribution in [0.5, 0.6) is 5.75 Å². The van der Waals surface area contributed by atoms with Gasteiger partial charge in [-0.25, -0.2) is 4.79 Å². The van der Waals surface area contributed by atoms with E-state index in [2.05, 4.69) is 15.5 Å². The van der Waals surface area contributed by atoms with Gasteiger partial charge in [0.2, 0.25) is 11.7 Å². The molecule has 3 aromatic rings. The smallest absolute Gasteiger partial charge is 0.322 e. The molecule has 0 radical (unpaired) electrons. The van der Waals surface area contributed by atoms with Crippen LogP contribution < -0.4 is 10.1 Å². The summed E-state index contributed by atoms with van der Waals surface area (Å²) in [5, 5.41) is 7.03. The quantitative estimate of drug-likeness (QED) is 0.727. The molecule has 4 rings (SSSR count). The Bertz CT molecular complexity index is 951. The summed E-state index contributed by atoms with van der Waals surface area (Å²) in [7, 11) is 1.62. The van der Waals surface area contributed by atoms with Crippen LogP contribution in [0, 0.1) is 6.92 Å². The minimum atomic E-state index is -0.218. The molecule has 7 nitrogen and oxygen atoms in total. The van der Waals surface area contributed by atoms with Crippen LogP contribution in [0.2, 0.25) is 0 Å². The van der Waals surface area contributed by atoms with E-state index in [4.69, 9.17) is 9.26 Å². The van der Waals surface area contributed by atoms with Crippen molar-refractivity contribution in [3.8, 4) is 17.1 Å². The van der Waals surface area contributed by atoms with E-state index in [0.29, 0.717) is 18.3 Å². The third-order valence-corrected chi connectivity index (χ3v) is 4.89. The molecule has 0 saturated carbocycles. The second kappa shape index (κ2) is 7.72. The zero-order valence-electron chi connectivity index (χ0n) is 15.9. The third-order valence-electron chi connectivity index (χ3n) is 4.89. The van der Waals surface area contributed by atoms with E-state index >= 15 is 0 Å². The van der Waals surface area contributed by atoms with Gasteiger partial charge in [0.05, 0.1) is 7.11 Å². The standard InChI is InChI=1S/C21H22N4O3/c1-14-5-9-16(10-6-14)22-21(26)25-13-3-4-18(25)20-23-19(24-28-20)15-7-11-17(27-2)12-8-15/h5-12,18H,3-4,13H2,1-2H3,(H,22,26)/t18-/m0/s1. The zero-order valence-corrected chi connectivity index (χ0v) is 15.9. The van der Waals surface area contributed by atoms with Crippen LogP contribution in [0.25, 0.3) is 11.4 Å². The van der Waals surface area contributed by atoms with Crippen LogP contribution in [0.1, 0.15) is 30.3 Å².